The zero-order valence-corrected chi connectivity index (χ0v) is 11.9. The van der Waals surface area contributed by atoms with Gasteiger partial charge in [-0.05, 0) is 40.5 Å². The van der Waals surface area contributed by atoms with Crippen molar-refractivity contribution in [2.24, 2.45) is 0 Å². The average Bonchev–Trinajstić information content (AvgIpc) is 2.22. The maximum Gasteiger partial charge on any atom is 0.157 e. The maximum atomic E-state index is 5.87. The normalized spacial score (nSPS) is 12.5. The Balaban J connectivity index is 2.37. The van der Waals surface area contributed by atoms with Crippen LogP contribution in [0.5, 0.6) is 5.75 Å². The third-order valence-corrected chi connectivity index (χ3v) is 4.79. The molecule has 1 rings (SSSR count). The smallest absolute Gasteiger partial charge is 0.157 e. The first kappa shape index (κ1) is 13.0. The minimum atomic E-state index is -0.472. The number of hydrogen-bond donors (Lipinski definition) is 0. The molecule has 0 fully saturated rings. The average molecular weight is 289 g/mol. The molecule has 0 saturated heterocycles. The fraction of sp³-hybridized carbons (Fsp3) is 0.500. The van der Waals surface area contributed by atoms with Crippen LogP contribution in [0, 0.1) is 6.92 Å². The van der Waals surface area contributed by atoms with E-state index in [0.717, 1.165) is 11.9 Å². The van der Waals surface area contributed by atoms with Gasteiger partial charge in [0.2, 0.25) is 0 Å². The summed E-state index contributed by atoms with van der Waals surface area (Å²) in [5.74, 6) is 1.01. The van der Waals surface area contributed by atoms with Gasteiger partial charge in [0, 0.05) is 6.16 Å². The first-order valence-electron chi connectivity index (χ1n) is 5.41. The van der Waals surface area contributed by atoms with Gasteiger partial charge in [-0.15, -0.1) is 0 Å². The van der Waals surface area contributed by atoms with Crippen LogP contribution >= 0.6 is 22.3 Å². The van der Waals surface area contributed by atoms with Crippen LogP contribution in [0.4, 0.5) is 0 Å². The summed E-state index contributed by atoms with van der Waals surface area (Å²) < 4.78 is 5.87. The third-order valence-electron chi connectivity index (χ3n) is 2.23. The van der Waals surface area contributed by atoms with Crippen molar-refractivity contribution in [1.29, 1.82) is 0 Å². The minimum Gasteiger partial charge on any atom is -0.462 e. The molecule has 1 aromatic rings. The van der Waals surface area contributed by atoms with Gasteiger partial charge in [-0.25, -0.2) is 0 Å². The lowest BCUT2D eigenvalue weighted by Crippen LogP contribution is -1.89. The van der Waals surface area contributed by atoms with Gasteiger partial charge in [-0.3, -0.25) is 0 Å². The van der Waals surface area contributed by atoms with Gasteiger partial charge in [-0.2, -0.15) is 0 Å². The van der Waals surface area contributed by atoms with E-state index < -0.39 is 6.85 Å². The Labute approximate surface area is 102 Å². The summed E-state index contributed by atoms with van der Waals surface area (Å²) in [6.07, 6.45) is 4.94. The van der Waals surface area contributed by atoms with Crippen molar-refractivity contribution in [3.63, 3.8) is 0 Å². The molecule has 0 N–H and O–H groups in total. The standard InChI is InChI=1S/C12H18BrOP/c1-3-4-7-10-15(13)14-12-9-6-5-8-11(12)2/h5-6,8-9H,3-4,7,10H2,1-2H3. The summed E-state index contributed by atoms with van der Waals surface area (Å²) in [6, 6.07) is 8.17. The molecule has 1 unspecified atom stereocenters. The molecule has 3 heteroatoms. The van der Waals surface area contributed by atoms with E-state index >= 15 is 0 Å². The van der Waals surface area contributed by atoms with Gasteiger partial charge >= 0.3 is 0 Å². The van der Waals surface area contributed by atoms with Crippen molar-refractivity contribution < 1.29 is 4.52 Å². The summed E-state index contributed by atoms with van der Waals surface area (Å²) in [6.45, 7) is 3.83. The highest BCUT2D eigenvalue weighted by Gasteiger charge is 2.07. The molecule has 84 valence electrons. The Morgan fingerprint density at radius 2 is 2.00 bits per heavy atom. The molecule has 1 aromatic carbocycles. The molecule has 0 amide bonds. The Morgan fingerprint density at radius 3 is 2.67 bits per heavy atom. The molecule has 0 heterocycles. The zero-order chi connectivity index (χ0) is 11.1. The van der Waals surface area contributed by atoms with Crippen LogP contribution in [-0.2, 0) is 0 Å². The fourth-order valence-electron chi connectivity index (χ4n) is 1.30. The van der Waals surface area contributed by atoms with Gasteiger partial charge in [0.05, 0.1) is 0 Å². The SMILES string of the molecule is CCCCCP(Br)Oc1ccccc1C. The minimum absolute atomic E-state index is 0.472. The summed E-state index contributed by atoms with van der Waals surface area (Å²) in [4.78, 5) is 0. The highest BCUT2D eigenvalue weighted by Crippen LogP contribution is 2.47. The second-order valence-electron chi connectivity index (χ2n) is 3.61. The van der Waals surface area contributed by atoms with Crippen molar-refractivity contribution in [1.82, 2.24) is 0 Å². The molecule has 0 radical (unpaired) electrons. The van der Waals surface area contributed by atoms with E-state index in [0.29, 0.717) is 0 Å². The van der Waals surface area contributed by atoms with E-state index in [4.69, 9.17) is 4.52 Å². The van der Waals surface area contributed by atoms with Gasteiger partial charge in [-0.1, -0.05) is 38.0 Å². The van der Waals surface area contributed by atoms with E-state index in [2.05, 4.69) is 35.4 Å². The van der Waals surface area contributed by atoms with Gasteiger partial charge in [0.1, 0.15) is 5.75 Å². The number of para-hydroxylation sites is 1. The Kier molecular flexibility index (Phi) is 6.28. The maximum absolute atomic E-state index is 5.87. The summed E-state index contributed by atoms with van der Waals surface area (Å²) in [5, 5.41) is 0. The van der Waals surface area contributed by atoms with E-state index in [-0.39, 0.29) is 0 Å². The van der Waals surface area contributed by atoms with Crippen LogP contribution < -0.4 is 4.52 Å². The first-order valence-corrected chi connectivity index (χ1v) is 8.87. The highest BCUT2D eigenvalue weighted by atomic mass is 79.9. The summed E-state index contributed by atoms with van der Waals surface area (Å²) in [5.41, 5.74) is 1.21. The summed E-state index contributed by atoms with van der Waals surface area (Å²) in [7, 11) is 0. The topological polar surface area (TPSA) is 9.23 Å². The third kappa shape index (κ3) is 4.99. The largest absolute Gasteiger partial charge is 0.462 e. The van der Waals surface area contributed by atoms with Gasteiger partial charge in [0.25, 0.3) is 0 Å². The number of rotatable bonds is 6. The Morgan fingerprint density at radius 1 is 1.27 bits per heavy atom. The second-order valence-corrected chi connectivity index (χ2v) is 7.24. The van der Waals surface area contributed by atoms with Crippen LogP contribution in [0.25, 0.3) is 0 Å². The van der Waals surface area contributed by atoms with Crippen LogP contribution in [0.1, 0.15) is 31.7 Å². The molecule has 0 spiro atoms. The van der Waals surface area contributed by atoms with Crippen LogP contribution in [-0.4, -0.2) is 6.16 Å². The van der Waals surface area contributed by atoms with Crippen LogP contribution in [0.3, 0.4) is 0 Å². The molecular weight excluding hydrogens is 271 g/mol. The van der Waals surface area contributed by atoms with E-state index in [1.54, 1.807) is 0 Å². The molecule has 0 aliphatic heterocycles. The van der Waals surface area contributed by atoms with Crippen LogP contribution in [0.15, 0.2) is 24.3 Å². The molecule has 1 atom stereocenters. The zero-order valence-electron chi connectivity index (χ0n) is 9.37. The molecule has 0 aliphatic rings. The fourth-order valence-corrected chi connectivity index (χ4v) is 3.50. The number of halogens is 1. The predicted octanol–water partition coefficient (Wildman–Crippen LogP) is 5.27. The number of benzene rings is 1. The second kappa shape index (κ2) is 7.24. The highest BCUT2D eigenvalue weighted by molar-refractivity contribution is 9.38. The molecule has 0 aliphatic carbocycles. The van der Waals surface area contributed by atoms with Crippen molar-refractivity contribution in [3.05, 3.63) is 29.8 Å². The molecule has 0 bridgehead atoms. The molecule has 1 nitrogen and oxygen atoms in total. The lowest BCUT2D eigenvalue weighted by molar-refractivity contribution is 0.616. The Bertz CT molecular complexity index is 291. The molecule has 0 aromatic heterocycles. The van der Waals surface area contributed by atoms with Crippen molar-refractivity contribution in [2.75, 3.05) is 6.16 Å². The summed E-state index contributed by atoms with van der Waals surface area (Å²) >= 11 is 3.62. The molecule has 0 saturated carbocycles. The van der Waals surface area contributed by atoms with E-state index in [9.17, 15) is 0 Å². The van der Waals surface area contributed by atoms with Gasteiger partial charge in [0.15, 0.2) is 6.85 Å². The van der Waals surface area contributed by atoms with E-state index in [1.165, 1.54) is 24.8 Å². The number of aryl methyl sites for hydroxylation is 1. The lowest BCUT2D eigenvalue weighted by atomic mass is 10.2. The monoisotopic (exact) mass is 288 g/mol. The molecular formula is C12H18BrOP. The predicted molar refractivity (Wildman–Crippen MR) is 72.0 cm³/mol. The first-order chi connectivity index (χ1) is 7.24. The van der Waals surface area contributed by atoms with Gasteiger partial charge < -0.3 is 4.52 Å². The number of hydrogen-bond acceptors (Lipinski definition) is 1. The van der Waals surface area contributed by atoms with Crippen molar-refractivity contribution >= 4 is 22.3 Å². The van der Waals surface area contributed by atoms with Crippen molar-refractivity contribution in [3.8, 4) is 5.75 Å². The van der Waals surface area contributed by atoms with Crippen molar-refractivity contribution in [2.45, 2.75) is 33.1 Å². The lowest BCUT2D eigenvalue weighted by Gasteiger charge is -2.13. The molecule has 15 heavy (non-hydrogen) atoms. The quantitative estimate of drug-likeness (QED) is 0.512. The van der Waals surface area contributed by atoms with Crippen LogP contribution in [0.2, 0.25) is 0 Å². The Hall–Kier alpha value is -0.0700. The van der Waals surface area contributed by atoms with E-state index in [1.807, 2.05) is 18.2 Å². The number of unbranched alkanes of at least 4 members (excludes halogenated alkanes) is 2.